The molecule has 2 atom stereocenters. The van der Waals surface area contributed by atoms with Gasteiger partial charge in [0.15, 0.2) is 0 Å². The van der Waals surface area contributed by atoms with E-state index in [0.717, 1.165) is 13.2 Å². The molecule has 0 aliphatic carbocycles. The van der Waals surface area contributed by atoms with Crippen molar-refractivity contribution in [1.29, 1.82) is 0 Å². The molecule has 0 aromatic rings. The van der Waals surface area contributed by atoms with Crippen LogP contribution in [0.2, 0.25) is 0 Å². The first-order chi connectivity index (χ1) is 6.33. The molecule has 0 amide bonds. The second-order valence-corrected chi connectivity index (χ2v) is 3.75. The minimum atomic E-state index is 0.216. The van der Waals surface area contributed by atoms with Gasteiger partial charge in [-0.05, 0) is 26.3 Å². The Hall–Kier alpha value is -0.120. The Kier molecular flexibility index (Phi) is 5.35. The predicted octanol–water partition coefficient (Wildman–Crippen LogP) is 1.18. The van der Waals surface area contributed by atoms with E-state index in [1.165, 1.54) is 19.3 Å². The normalized spacial score (nSPS) is 25.8. The average Bonchev–Trinajstić information content (AvgIpc) is 2.17. The molecule has 1 saturated heterocycles. The minimum absolute atomic E-state index is 0.216. The second-order valence-electron chi connectivity index (χ2n) is 3.75. The third-order valence-electron chi connectivity index (χ3n) is 2.40. The van der Waals surface area contributed by atoms with Crippen molar-refractivity contribution < 1.29 is 9.47 Å². The number of nitrogens with one attached hydrogen (secondary N) is 1. The van der Waals surface area contributed by atoms with E-state index in [4.69, 9.17) is 9.47 Å². The summed E-state index contributed by atoms with van der Waals surface area (Å²) in [6.07, 6.45) is 4.11. The summed E-state index contributed by atoms with van der Waals surface area (Å²) in [5.74, 6) is 0. The van der Waals surface area contributed by atoms with Crippen LogP contribution in [0.3, 0.4) is 0 Å². The van der Waals surface area contributed by atoms with Gasteiger partial charge in [-0.15, -0.1) is 0 Å². The van der Waals surface area contributed by atoms with Crippen LogP contribution in [0.1, 0.15) is 26.2 Å². The van der Waals surface area contributed by atoms with Crippen LogP contribution >= 0.6 is 0 Å². The average molecular weight is 187 g/mol. The number of ether oxygens (including phenoxy) is 2. The van der Waals surface area contributed by atoms with E-state index in [0.29, 0.717) is 12.6 Å². The van der Waals surface area contributed by atoms with Crippen LogP contribution in [0.15, 0.2) is 0 Å². The molecule has 0 spiro atoms. The molecule has 1 rings (SSSR count). The van der Waals surface area contributed by atoms with E-state index in [2.05, 4.69) is 5.32 Å². The van der Waals surface area contributed by atoms with E-state index >= 15 is 0 Å². The number of piperidine rings is 1. The van der Waals surface area contributed by atoms with Gasteiger partial charge in [-0.3, -0.25) is 0 Å². The largest absolute Gasteiger partial charge is 0.382 e. The van der Waals surface area contributed by atoms with Crippen LogP contribution in [0, 0.1) is 0 Å². The molecule has 0 bridgehead atoms. The highest BCUT2D eigenvalue weighted by Crippen LogP contribution is 2.07. The number of hydrogen-bond donors (Lipinski definition) is 1. The number of hydrogen-bond acceptors (Lipinski definition) is 3. The van der Waals surface area contributed by atoms with Crippen LogP contribution < -0.4 is 5.32 Å². The van der Waals surface area contributed by atoms with Gasteiger partial charge in [-0.25, -0.2) is 0 Å². The summed E-state index contributed by atoms with van der Waals surface area (Å²) in [5.41, 5.74) is 0. The van der Waals surface area contributed by atoms with Crippen molar-refractivity contribution in [3.05, 3.63) is 0 Å². The summed E-state index contributed by atoms with van der Waals surface area (Å²) in [6.45, 7) is 4.70. The summed E-state index contributed by atoms with van der Waals surface area (Å²) in [6, 6.07) is 0.563. The van der Waals surface area contributed by atoms with E-state index in [1.807, 2.05) is 6.92 Å². The van der Waals surface area contributed by atoms with Gasteiger partial charge in [0, 0.05) is 13.2 Å². The fourth-order valence-electron chi connectivity index (χ4n) is 1.63. The van der Waals surface area contributed by atoms with Crippen molar-refractivity contribution in [1.82, 2.24) is 5.32 Å². The van der Waals surface area contributed by atoms with E-state index in [1.54, 1.807) is 7.11 Å². The fraction of sp³-hybridized carbons (Fsp3) is 1.00. The molecule has 1 fully saturated rings. The predicted molar refractivity (Wildman–Crippen MR) is 52.9 cm³/mol. The molecule has 1 aliphatic heterocycles. The zero-order chi connectivity index (χ0) is 9.52. The standard InChI is InChI=1S/C10H21NO2/c1-9(7-12-2)13-8-10-5-3-4-6-11-10/h9-11H,3-8H2,1-2H3. The summed E-state index contributed by atoms with van der Waals surface area (Å²) in [4.78, 5) is 0. The smallest absolute Gasteiger partial charge is 0.0781 e. The number of methoxy groups -OCH3 is 1. The van der Waals surface area contributed by atoms with E-state index in [-0.39, 0.29) is 6.10 Å². The highest BCUT2D eigenvalue weighted by molar-refractivity contribution is 4.71. The quantitative estimate of drug-likeness (QED) is 0.701. The minimum Gasteiger partial charge on any atom is -0.382 e. The Bertz CT molecular complexity index is 124. The second kappa shape index (κ2) is 6.35. The molecule has 0 radical (unpaired) electrons. The summed E-state index contributed by atoms with van der Waals surface area (Å²) in [5, 5.41) is 3.45. The highest BCUT2D eigenvalue weighted by Gasteiger charge is 2.13. The molecule has 3 heteroatoms. The molecule has 1 aliphatic rings. The van der Waals surface area contributed by atoms with Gasteiger partial charge in [-0.2, -0.15) is 0 Å². The van der Waals surface area contributed by atoms with Crippen molar-refractivity contribution in [3.8, 4) is 0 Å². The summed E-state index contributed by atoms with van der Waals surface area (Å²) < 4.78 is 10.6. The Balaban J connectivity index is 2.03. The zero-order valence-corrected chi connectivity index (χ0v) is 8.71. The van der Waals surface area contributed by atoms with Crippen molar-refractivity contribution in [3.63, 3.8) is 0 Å². The van der Waals surface area contributed by atoms with Crippen LogP contribution in [-0.4, -0.2) is 39.0 Å². The Labute approximate surface area is 80.8 Å². The van der Waals surface area contributed by atoms with Gasteiger partial charge < -0.3 is 14.8 Å². The maximum absolute atomic E-state index is 5.63. The zero-order valence-electron chi connectivity index (χ0n) is 8.71. The molecule has 1 N–H and O–H groups in total. The van der Waals surface area contributed by atoms with Gasteiger partial charge in [0.2, 0.25) is 0 Å². The molecule has 2 unspecified atom stereocenters. The molecule has 3 nitrogen and oxygen atoms in total. The fourth-order valence-corrected chi connectivity index (χ4v) is 1.63. The lowest BCUT2D eigenvalue weighted by Crippen LogP contribution is -2.38. The lowest BCUT2D eigenvalue weighted by atomic mass is 10.1. The van der Waals surface area contributed by atoms with Crippen molar-refractivity contribution in [2.45, 2.75) is 38.3 Å². The third kappa shape index (κ3) is 4.60. The monoisotopic (exact) mass is 187 g/mol. The Morgan fingerprint density at radius 2 is 2.31 bits per heavy atom. The maximum atomic E-state index is 5.63. The molecule has 1 heterocycles. The van der Waals surface area contributed by atoms with Crippen molar-refractivity contribution in [2.75, 3.05) is 26.9 Å². The van der Waals surface area contributed by atoms with Crippen molar-refractivity contribution >= 4 is 0 Å². The van der Waals surface area contributed by atoms with Crippen LogP contribution in [-0.2, 0) is 9.47 Å². The molecular weight excluding hydrogens is 166 g/mol. The first-order valence-electron chi connectivity index (χ1n) is 5.17. The summed E-state index contributed by atoms with van der Waals surface area (Å²) >= 11 is 0. The molecule has 0 aromatic carbocycles. The Morgan fingerprint density at radius 3 is 2.92 bits per heavy atom. The van der Waals surface area contributed by atoms with Gasteiger partial charge >= 0.3 is 0 Å². The van der Waals surface area contributed by atoms with E-state index < -0.39 is 0 Å². The van der Waals surface area contributed by atoms with Crippen molar-refractivity contribution in [2.24, 2.45) is 0 Å². The van der Waals surface area contributed by atoms with E-state index in [9.17, 15) is 0 Å². The molecular formula is C10H21NO2. The van der Waals surface area contributed by atoms with Crippen LogP contribution in [0.25, 0.3) is 0 Å². The lowest BCUT2D eigenvalue weighted by Gasteiger charge is -2.24. The molecule has 0 saturated carbocycles. The molecule has 78 valence electrons. The van der Waals surface area contributed by atoms with Gasteiger partial charge in [0.05, 0.1) is 19.3 Å². The highest BCUT2D eigenvalue weighted by atomic mass is 16.5. The van der Waals surface area contributed by atoms with Gasteiger partial charge in [-0.1, -0.05) is 6.42 Å². The SMILES string of the molecule is COCC(C)OCC1CCCCN1. The topological polar surface area (TPSA) is 30.5 Å². The Morgan fingerprint density at radius 1 is 1.46 bits per heavy atom. The first-order valence-corrected chi connectivity index (χ1v) is 5.17. The lowest BCUT2D eigenvalue weighted by molar-refractivity contribution is -0.00289. The third-order valence-corrected chi connectivity index (χ3v) is 2.40. The number of rotatable bonds is 5. The van der Waals surface area contributed by atoms with Crippen LogP contribution in [0.4, 0.5) is 0 Å². The molecule has 13 heavy (non-hydrogen) atoms. The maximum Gasteiger partial charge on any atom is 0.0781 e. The van der Waals surface area contributed by atoms with Gasteiger partial charge in [0.1, 0.15) is 0 Å². The first kappa shape index (κ1) is 11.0. The van der Waals surface area contributed by atoms with Gasteiger partial charge in [0.25, 0.3) is 0 Å². The van der Waals surface area contributed by atoms with Crippen LogP contribution in [0.5, 0.6) is 0 Å². The molecule has 0 aromatic heterocycles. The summed E-state index contributed by atoms with van der Waals surface area (Å²) in [7, 11) is 1.71.